The number of amides is 3. The number of carbonyl (C=O) groups excluding carboxylic acids is 3. The van der Waals surface area contributed by atoms with Crippen LogP contribution in [0, 0.1) is 3.57 Å². The van der Waals surface area contributed by atoms with E-state index in [2.05, 4.69) is 27.9 Å². The van der Waals surface area contributed by atoms with E-state index in [1.807, 2.05) is 60.7 Å². The van der Waals surface area contributed by atoms with Crippen molar-refractivity contribution in [2.45, 2.75) is 6.61 Å². The van der Waals surface area contributed by atoms with Crippen LogP contribution in [-0.4, -0.2) is 28.5 Å². The molecular weight excluding hydrogens is 635 g/mol. The van der Waals surface area contributed by atoms with Crippen LogP contribution in [0.5, 0.6) is 5.75 Å². The second-order valence-electron chi connectivity index (χ2n) is 8.44. The summed E-state index contributed by atoms with van der Waals surface area (Å²) in [4.78, 5) is 39.6. The van der Waals surface area contributed by atoms with E-state index in [1.54, 1.807) is 30.3 Å². The van der Waals surface area contributed by atoms with E-state index >= 15 is 0 Å². The van der Waals surface area contributed by atoms with E-state index in [-0.39, 0.29) is 11.4 Å². The minimum atomic E-state index is -0.519. The van der Waals surface area contributed by atoms with Gasteiger partial charge in [-0.25, -0.2) is 0 Å². The van der Waals surface area contributed by atoms with Crippen molar-refractivity contribution in [3.63, 3.8) is 0 Å². The van der Waals surface area contributed by atoms with Gasteiger partial charge in [-0.3, -0.25) is 19.3 Å². The van der Waals surface area contributed by atoms with Crippen molar-refractivity contribution in [2.75, 3.05) is 11.9 Å². The lowest BCUT2D eigenvalue weighted by atomic mass is 10.0. The molecule has 0 radical (unpaired) electrons. The Balaban J connectivity index is 1.39. The van der Waals surface area contributed by atoms with Crippen LogP contribution in [0.4, 0.5) is 10.5 Å². The molecule has 0 saturated carbocycles. The molecule has 1 aliphatic rings. The number of anilines is 1. The average Bonchev–Trinajstić information content (AvgIpc) is 3.17. The van der Waals surface area contributed by atoms with E-state index in [0.717, 1.165) is 36.6 Å². The van der Waals surface area contributed by atoms with Crippen molar-refractivity contribution in [1.82, 2.24) is 4.90 Å². The number of hydrogen-bond donors (Lipinski definition) is 1. The molecule has 4 aromatic rings. The topological polar surface area (TPSA) is 75.7 Å². The fraction of sp³-hybridized carbons (Fsp3) is 0.0690. The maximum Gasteiger partial charge on any atom is 0.294 e. The van der Waals surface area contributed by atoms with Gasteiger partial charge in [-0.1, -0.05) is 54.1 Å². The molecular formula is C29H20ClIN2O4S. The third-order valence-corrected chi connectivity index (χ3v) is 7.70. The summed E-state index contributed by atoms with van der Waals surface area (Å²) in [6.07, 6.45) is 1.67. The normalized spacial score (nSPS) is 14.4. The van der Waals surface area contributed by atoms with Crippen molar-refractivity contribution in [2.24, 2.45) is 0 Å². The zero-order valence-corrected chi connectivity index (χ0v) is 23.5. The molecule has 1 fully saturated rings. The molecule has 1 heterocycles. The summed E-state index contributed by atoms with van der Waals surface area (Å²) in [6.45, 7) is -0.0695. The van der Waals surface area contributed by atoms with Gasteiger partial charge in [-0.15, -0.1) is 0 Å². The highest BCUT2D eigenvalue weighted by Gasteiger charge is 2.36. The molecule has 6 nitrogen and oxygen atoms in total. The highest BCUT2D eigenvalue weighted by atomic mass is 127. The van der Waals surface area contributed by atoms with Crippen molar-refractivity contribution in [3.05, 3.63) is 110 Å². The number of imide groups is 1. The second-order valence-corrected chi connectivity index (χ2v) is 11.1. The minimum absolute atomic E-state index is 0.227. The molecule has 1 aliphatic heterocycles. The van der Waals surface area contributed by atoms with Gasteiger partial charge in [0.15, 0.2) is 0 Å². The predicted molar refractivity (Wildman–Crippen MR) is 160 cm³/mol. The van der Waals surface area contributed by atoms with Gasteiger partial charge < -0.3 is 10.1 Å². The zero-order chi connectivity index (χ0) is 26.6. The molecule has 0 spiro atoms. The summed E-state index contributed by atoms with van der Waals surface area (Å²) in [6, 6.07) is 26.1. The molecule has 3 amide bonds. The predicted octanol–water partition coefficient (Wildman–Crippen LogP) is 7.35. The lowest BCUT2D eigenvalue weighted by Crippen LogP contribution is -2.36. The first-order valence-electron chi connectivity index (χ1n) is 11.6. The third-order valence-electron chi connectivity index (χ3n) is 5.82. The maximum absolute atomic E-state index is 13.2. The molecule has 1 N–H and O–H groups in total. The lowest BCUT2D eigenvalue weighted by Gasteiger charge is -2.14. The average molecular weight is 655 g/mol. The second kappa shape index (κ2) is 11.6. The summed E-state index contributed by atoms with van der Waals surface area (Å²) >= 11 is 8.97. The van der Waals surface area contributed by atoms with Crippen LogP contribution in [0.1, 0.15) is 11.1 Å². The first-order valence-corrected chi connectivity index (χ1v) is 13.8. The molecule has 9 heteroatoms. The molecule has 0 aliphatic carbocycles. The van der Waals surface area contributed by atoms with Crippen LogP contribution in [-0.2, 0) is 16.2 Å². The summed E-state index contributed by atoms with van der Waals surface area (Å²) in [5.41, 5.74) is 2.22. The Labute approximate surface area is 242 Å². The molecule has 4 aromatic carbocycles. The Kier molecular flexibility index (Phi) is 8.01. The third kappa shape index (κ3) is 6.03. The molecule has 5 rings (SSSR count). The van der Waals surface area contributed by atoms with Crippen molar-refractivity contribution >= 4 is 85.5 Å². The molecule has 0 aromatic heterocycles. The molecule has 38 heavy (non-hydrogen) atoms. The number of fused-ring (bicyclic) bond motifs is 1. The number of halogens is 2. The highest BCUT2D eigenvalue weighted by molar-refractivity contribution is 14.1. The molecule has 0 unspecified atom stereocenters. The number of ether oxygens (including phenoxy) is 1. The molecule has 1 saturated heterocycles. The maximum atomic E-state index is 13.2. The van der Waals surface area contributed by atoms with Gasteiger partial charge in [-0.05, 0) is 99.2 Å². The number of thioether (sulfide) groups is 1. The summed E-state index contributed by atoms with van der Waals surface area (Å²) < 4.78 is 7.17. The van der Waals surface area contributed by atoms with E-state index in [0.29, 0.717) is 28.6 Å². The van der Waals surface area contributed by atoms with Gasteiger partial charge in [0.2, 0.25) is 5.91 Å². The SMILES string of the molecule is O=C(CN1C(=O)S/C(=C/c2c(OCc3ccc(Cl)cc3)ccc3ccccc23)C1=O)Nc1ccc(I)cc1. The number of rotatable bonds is 7. The fourth-order valence-electron chi connectivity index (χ4n) is 3.94. The smallest absolute Gasteiger partial charge is 0.294 e. The Morgan fingerprint density at radius 3 is 2.47 bits per heavy atom. The Bertz CT molecular complexity index is 1570. The first kappa shape index (κ1) is 26.3. The van der Waals surface area contributed by atoms with E-state index in [9.17, 15) is 14.4 Å². The molecule has 0 atom stereocenters. The number of nitrogens with one attached hydrogen (secondary N) is 1. The monoisotopic (exact) mass is 654 g/mol. The van der Waals surface area contributed by atoms with E-state index < -0.39 is 17.1 Å². The van der Waals surface area contributed by atoms with Gasteiger partial charge in [0.05, 0.1) is 4.91 Å². The van der Waals surface area contributed by atoms with E-state index in [1.165, 1.54) is 0 Å². The van der Waals surface area contributed by atoms with Crippen LogP contribution in [0.15, 0.2) is 89.8 Å². The van der Waals surface area contributed by atoms with Gasteiger partial charge in [0.25, 0.3) is 11.1 Å². The zero-order valence-electron chi connectivity index (χ0n) is 19.8. The number of carbonyl (C=O) groups is 3. The molecule has 0 bridgehead atoms. The van der Waals surface area contributed by atoms with E-state index in [4.69, 9.17) is 16.3 Å². The number of hydrogen-bond acceptors (Lipinski definition) is 5. The van der Waals surface area contributed by atoms with Gasteiger partial charge in [0.1, 0.15) is 18.9 Å². The lowest BCUT2D eigenvalue weighted by molar-refractivity contribution is -0.127. The summed E-state index contributed by atoms with van der Waals surface area (Å²) in [5, 5.41) is 4.72. The van der Waals surface area contributed by atoms with Crippen LogP contribution < -0.4 is 10.1 Å². The fourth-order valence-corrected chi connectivity index (χ4v) is 5.24. The van der Waals surface area contributed by atoms with Crippen molar-refractivity contribution in [1.29, 1.82) is 0 Å². The van der Waals surface area contributed by atoms with Crippen LogP contribution >= 0.6 is 46.0 Å². The summed E-state index contributed by atoms with van der Waals surface area (Å²) in [7, 11) is 0. The largest absolute Gasteiger partial charge is 0.488 e. The van der Waals surface area contributed by atoms with Crippen LogP contribution in [0.25, 0.3) is 16.8 Å². The Hall–Kier alpha value is -3.34. The van der Waals surface area contributed by atoms with Gasteiger partial charge in [0, 0.05) is 19.8 Å². The first-order chi connectivity index (χ1) is 18.4. The van der Waals surface area contributed by atoms with Crippen molar-refractivity contribution in [3.8, 4) is 5.75 Å². The number of nitrogens with zero attached hydrogens (tertiary/aromatic N) is 1. The van der Waals surface area contributed by atoms with Crippen LogP contribution in [0.2, 0.25) is 5.02 Å². The highest BCUT2D eigenvalue weighted by Crippen LogP contribution is 2.37. The standard InChI is InChI=1S/C29H20ClIN2O4S/c30-20-8-5-18(6-9-20)17-37-25-14-7-19-3-1-2-4-23(19)24(25)15-26-28(35)33(29(36)38-26)16-27(34)32-22-12-10-21(31)11-13-22/h1-15H,16-17H2,(H,32,34)/b26-15+. The summed E-state index contributed by atoms with van der Waals surface area (Å²) in [5.74, 6) is -0.400. The van der Waals surface area contributed by atoms with Crippen LogP contribution in [0.3, 0.4) is 0 Å². The van der Waals surface area contributed by atoms with Gasteiger partial charge in [-0.2, -0.15) is 0 Å². The van der Waals surface area contributed by atoms with Gasteiger partial charge >= 0.3 is 0 Å². The minimum Gasteiger partial charge on any atom is -0.488 e. The number of benzene rings is 4. The Morgan fingerprint density at radius 1 is 0.974 bits per heavy atom. The molecule has 190 valence electrons. The Morgan fingerprint density at radius 2 is 1.71 bits per heavy atom. The quantitative estimate of drug-likeness (QED) is 0.167. The van der Waals surface area contributed by atoms with Crippen molar-refractivity contribution < 1.29 is 19.1 Å².